The Morgan fingerprint density at radius 3 is 2.53 bits per heavy atom. The first-order chi connectivity index (χ1) is 18.0. The summed E-state index contributed by atoms with van der Waals surface area (Å²) in [5.41, 5.74) is 0.319. The molecule has 0 bridgehead atoms. The number of benzene rings is 1. The van der Waals surface area contributed by atoms with Crippen molar-refractivity contribution in [2.75, 3.05) is 38.1 Å². The van der Waals surface area contributed by atoms with E-state index in [2.05, 4.69) is 9.88 Å². The summed E-state index contributed by atoms with van der Waals surface area (Å²) in [6, 6.07) is 11.7. The fourth-order valence-corrected chi connectivity index (χ4v) is 5.77. The summed E-state index contributed by atoms with van der Waals surface area (Å²) < 4.78 is 5.56. The van der Waals surface area contributed by atoms with E-state index in [1.54, 1.807) is 11.1 Å². The summed E-state index contributed by atoms with van der Waals surface area (Å²) in [6.07, 6.45) is 5.30. The van der Waals surface area contributed by atoms with Crippen LogP contribution in [-0.2, 0) is 14.9 Å². The lowest BCUT2D eigenvalue weighted by atomic mass is 9.71. The third kappa shape index (κ3) is 6.80. The van der Waals surface area contributed by atoms with Crippen LogP contribution in [0.5, 0.6) is 0 Å². The van der Waals surface area contributed by atoms with E-state index in [1.165, 1.54) is 0 Å². The Balaban J connectivity index is 1.47. The van der Waals surface area contributed by atoms with Gasteiger partial charge < -0.3 is 14.5 Å². The highest BCUT2D eigenvalue weighted by molar-refractivity contribution is 6.42. The number of hydrogen-bond acceptors (Lipinski definition) is 5. The van der Waals surface area contributed by atoms with Crippen molar-refractivity contribution in [2.45, 2.75) is 69.9 Å². The van der Waals surface area contributed by atoms with E-state index in [-0.39, 0.29) is 23.5 Å². The lowest BCUT2D eigenvalue weighted by Crippen LogP contribution is -2.52. The SMILES string of the molecule is CN(C(=O)OC(C)(C)C)C1CCN(CCC2(c3ccc(Cl)c(Cl)c3)CCC(=O)N(c3ccccn3)C2)CC1. The molecule has 4 rings (SSSR count). The number of halogens is 2. The van der Waals surface area contributed by atoms with Crippen LogP contribution < -0.4 is 4.90 Å². The molecule has 0 spiro atoms. The molecule has 2 saturated heterocycles. The Labute approximate surface area is 236 Å². The minimum atomic E-state index is -0.505. The highest BCUT2D eigenvalue weighted by atomic mass is 35.5. The van der Waals surface area contributed by atoms with E-state index in [0.29, 0.717) is 28.8 Å². The molecule has 2 aliphatic rings. The quantitative estimate of drug-likeness (QED) is 0.422. The zero-order valence-electron chi connectivity index (χ0n) is 22.8. The Morgan fingerprint density at radius 2 is 1.89 bits per heavy atom. The summed E-state index contributed by atoms with van der Waals surface area (Å²) in [5.74, 6) is 0.762. The first kappa shape index (κ1) is 28.7. The van der Waals surface area contributed by atoms with E-state index in [1.807, 2.05) is 69.1 Å². The van der Waals surface area contributed by atoms with Gasteiger partial charge in [0, 0.05) is 50.8 Å². The molecule has 206 valence electrons. The fraction of sp³-hybridized carbons (Fsp3) is 0.552. The Morgan fingerprint density at radius 1 is 1.16 bits per heavy atom. The number of amides is 2. The van der Waals surface area contributed by atoms with Gasteiger partial charge in [0.15, 0.2) is 0 Å². The highest BCUT2D eigenvalue weighted by Crippen LogP contribution is 2.41. The standard InChI is InChI=1S/C29H38Cl2N4O3/c1-28(2,3)38-27(37)33(4)22-11-16-34(17-12-22)18-14-29(21-8-9-23(30)24(31)19-21)13-10-26(36)35(20-29)25-7-5-6-15-32-25/h5-9,15,19,22H,10-14,16-18,20H2,1-4H3. The van der Waals surface area contributed by atoms with Crippen molar-refractivity contribution in [3.05, 3.63) is 58.2 Å². The first-order valence-corrected chi connectivity index (χ1v) is 14.1. The maximum absolute atomic E-state index is 13.0. The topological polar surface area (TPSA) is 66.0 Å². The molecule has 9 heteroatoms. The number of rotatable bonds is 6. The number of anilines is 1. The van der Waals surface area contributed by atoms with Gasteiger partial charge in [-0.3, -0.25) is 9.69 Å². The molecule has 2 aromatic rings. The van der Waals surface area contributed by atoms with Crippen molar-refractivity contribution in [3.8, 4) is 0 Å². The molecular formula is C29H38Cl2N4O3. The van der Waals surface area contributed by atoms with Crippen molar-refractivity contribution in [2.24, 2.45) is 0 Å². The molecule has 3 heterocycles. The number of likely N-dealkylation sites (tertiary alicyclic amines) is 1. The van der Waals surface area contributed by atoms with Crippen molar-refractivity contribution in [1.82, 2.24) is 14.8 Å². The number of carbonyl (C=O) groups excluding carboxylic acids is 2. The molecule has 1 unspecified atom stereocenters. The molecule has 7 nitrogen and oxygen atoms in total. The highest BCUT2D eigenvalue weighted by Gasteiger charge is 2.41. The van der Waals surface area contributed by atoms with Crippen molar-refractivity contribution < 1.29 is 14.3 Å². The normalized spacial score (nSPS) is 21.4. The lowest BCUT2D eigenvalue weighted by Gasteiger charge is -2.44. The van der Waals surface area contributed by atoms with E-state index in [9.17, 15) is 9.59 Å². The zero-order chi connectivity index (χ0) is 27.5. The number of piperidine rings is 2. The van der Waals surface area contributed by atoms with Gasteiger partial charge in [-0.15, -0.1) is 0 Å². The summed E-state index contributed by atoms with van der Waals surface area (Å²) in [6.45, 7) is 8.89. The molecule has 0 saturated carbocycles. The minimum Gasteiger partial charge on any atom is -0.444 e. The van der Waals surface area contributed by atoms with Crippen LogP contribution in [0.1, 0.15) is 58.4 Å². The summed E-state index contributed by atoms with van der Waals surface area (Å²) in [4.78, 5) is 36.0. The molecule has 2 aliphatic heterocycles. The maximum atomic E-state index is 13.0. The fourth-order valence-electron chi connectivity index (χ4n) is 5.47. The van der Waals surface area contributed by atoms with Gasteiger partial charge in [0.2, 0.25) is 5.91 Å². The summed E-state index contributed by atoms with van der Waals surface area (Å²) >= 11 is 12.7. The average Bonchev–Trinajstić information content (AvgIpc) is 2.89. The molecule has 1 atom stereocenters. The molecule has 1 aromatic heterocycles. The van der Waals surface area contributed by atoms with Crippen LogP contribution in [0.2, 0.25) is 10.0 Å². The smallest absolute Gasteiger partial charge is 0.410 e. The second-order valence-corrected chi connectivity index (χ2v) is 12.3. The molecule has 0 radical (unpaired) electrons. The zero-order valence-corrected chi connectivity index (χ0v) is 24.3. The largest absolute Gasteiger partial charge is 0.444 e. The summed E-state index contributed by atoms with van der Waals surface area (Å²) in [5, 5.41) is 1.05. The molecule has 38 heavy (non-hydrogen) atoms. The van der Waals surface area contributed by atoms with Crippen LogP contribution >= 0.6 is 23.2 Å². The predicted octanol–water partition coefficient (Wildman–Crippen LogP) is 6.17. The van der Waals surface area contributed by atoms with Crippen LogP contribution in [0.15, 0.2) is 42.6 Å². The number of nitrogens with zero attached hydrogens (tertiary/aromatic N) is 4. The monoisotopic (exact) mass is 560 g/mol. The van der Waals surface area contributed by atoms with Crippen LogP contribution in [-0.4, -0.2) is 71.7 Å². The second-order valence-electron chi connectivity index (χ2n) is 11.5. The third-order valence-corrected chi connectivity index (χ3v) is 8.47. The van der Waals surface area contributed by atoms with Gasteiger partial charge in [-0.1, -0.05) is 35.3 Å². The van der Waals surface area contributed by atoms with Crippen molar-refractivity contribution >= 4 is 41.0 Å². The molecule has 2 amide bonds. The van der Waals surface area contributed by atoms with Crippen LogP contribution in [0, 0.1) is 0 Å². The number of pyridine rings is 1. The van der Waals surface area contributed by atoms with Gasteiger partial charge in [0.05, 0.1) is 10.0 Å². The van der Waals surface area contributed by atoms with E-state index in [4.69, 9.17) is 27.9 Å². The average molecular weight is 562 g/mol. The van der Waals surface area contributed by atoms with Gasteiger partial charge in [0.25, 0.3) is 0 Å². The van der Waals surface area contributed by atoms with Crippen LogP contribution in [0.25, 0.3) is 0 Å². The van der Waals surface area contributed by atoms with Gasteiger partial charge >= 0.3 is 6.09 Å². The molecule has 1 aromatic carbocycles. The number of hydrogen-bond donors (Lipinski definition) is 0. The Bertz CT molecular complexity index is 1130. The van der Waals surface area contributed by atoms with Crippen LogP contribution in [0.4, 0.5) is 10.6 Å². The molecular weight excluding hydrogens is 523 g/mol. The number of aromatic nitrogens is 1. The Kier molecular flexibility index (Phi) is 8.90. The van der Waals surface area contributed by atoms with Crippen LogP contribution in [0.3, 0.4) is 0 Å². The number of carbonyl (C=O) groups is 2. The Hall–Kier alpha value is -2.35. The predicted molar refractivity (Wildman–Crippen MR) is 152 cm³/mol. The molecule has 0 N–H and O–H groups in total. The number of ether oxygens (including phenoxy) is 1. The third-order valence-electron chi connectivity index (χ3n) is 7.73. The minimum absolute atomic E-state index is 0.0883. The summed E-state index contributed by atoms with van der Waals surface area (Å²) in [7, 11) is 1.83. The maximum Gasteiger partial charge on any atom is 0.410 e. The van der Waals surface area contributed by atoms with Gasteiger partial charge in [-0.25, -0.2) is 9.78 Å². The second kappa shape index (κ2) is 11.8. The first-order valence-electron chi connectivity index (χ1n) is 13.3. The van der Waals surface area contributed by atoms with E-state index in [0.717, 1.165) is 50.9 Å². The molecule has 0 aliphatic carbocycles. The van der Waals surface area contributed by atoms with Gasteiger partial charge in [-0.2, -0.15) is 0 Å². The van der Waals surface area contributed by atoms with Gasteiger partial charge in [-0.05, 0) is 82.8 Å². The molecule has 2 fully saturated rings. The van der Waals surface area contributed by atoms with Crippen molar-refractivity contribution in [3.63, 3.8) is 0 Å². The lowest BCUT2D eigenvalue weighted by molar-refractivity contribution is -0.120. The van der Waals surface area contributed by atoms with E-state index >= 15 is 0 Å². The van der Waals surface area contributed by atoms with Gasteiger partial charge in [0.1, 0.15) is 11.4 Å². The van der Waals surface area contributed by atoms with E-state index < -0.39 is 5.60 Å². The van der Waals surface area contributed by atoms with Crippen molar-refractivity contribution in [1.29, 1.82) is 0 Å².